The first kappa shape index (κ1) is 13.4. The summed E-state index contributed by atoms with van der Waals surface area (Å²) in [5, 5.41) is 3.31. The Morgan fingerprint density at radius 1 is 1.36 bits per heavy atom. The molecule has 14 heavy (non-hydrogen) atoms. The van der Waals surface area contributed by atoms with Gasteiger partial charge in [0.1, 0.15) is 0 Å². The molecule has 0 rings (SSSR count). The van der Waals surface area contributed by atoms with E-state index in [1.807, 2.05) is 6.92 Å². The molecule has 3 nitrogen and oxygen atoms in total. The van der Waals surface area contributed by atoms with Gasteiger partial charge in [-0.3, -0.25) is 4.79 Å². The van der Waals surface area contributed by atoms with Gasteiger partial charge < -0.3 is 10.1 Å². The number of nitrogens with one attached hydrogen (secondary N) is 1. The minimum absolute atomic E-state index is 0.140. The fraction of sp³-hybridized carbons (Fsp3) is 0.909. The first-order chi connectivity index (χ1) is 6.70. The van der Waals surface area contributed by atoms with Gasteiger partial charge in [0.2, 0.25) is 0 Å². The summed E-state index contributed by atoms with van der Waals surface area (Å²) in [7, 11) is 1.43. The summed E-state index contributed by atoms with van der Waals surface area (Å²) in [6.07, 6.45) is 5.49. The lowest BCUT2D eigenvalue weighted by atomic mass is 10.2. The number of hydrogen-bond donors (Lipinski definition) is 1. The molecular weight excluding hydrogens is 178 g/mol. The molecule has 0 aromatic carbocycles. The monoisotopic (exact) mass is 201 g/mol. The Bertz CT molecular complexity index is 148. The Labute approximate surface area is 87.2 Å². The number of rotatable bonds is 8. The van der Waals surface area contributed by atoms with E-state index in [2.05, 4.69) is 17.0 Å². The van der Waals surface area contributed by atoms with Gasteiger partial charge >= 0.3 is 5.97 Å². The van der Waals surface area contributed by atoms with Crippen LogP contribution >= 0.6 is 0 Å². The standard InChI is InChI=1S/C11H23NO2/c1-4-5-6-7-8-12-10(2)9-11(13)14-3/h10,12H,4-9H2,1-3H3. The van der Waals surface area contributed by atoms with Gasteiger partial charge in [-0.2, -0.15) is 0 Å². The molecule has 0 saturated heterocycles. The maximum atomic E-state index is 10.9. The van der Waals surface area contributed by atoms with Crippen molar-refractivity contribution in [3.05, 3.63) is 0 Å². The van der Waals surface area contributed by atoms with Crippen LogP contribution in [0.15, 0.2) is 0 Å². The van der Waals surface area contributed by atoms with E-state index >= 15 is 0 Å². The molecule has 0 heterocycles. The molecule has 84 valence electrons. The first-order valence-corrected chi connectivity index (χ1v) is 5.50. The average molecular weight is 201 g/mol. The van der Waals surface area contributed by atoms with Crippen LogP contribution in [-0.2, 0) is 9.53 Å². The van der Waals surface area contributed by atoms with Gasteiger partial charge in [0.05, 0.1) is 13.5 Å². The summed E-state index contributed by atoms with van der Waals surface area (Å²) in [5.41, 5.74) is 0. The van der Waals surface area contributed by atoms with Crippen LogP contribution in [0.4, 0.5) is 0 Å². The highest BCUT2D eigenvalue weighted by atomic mass is 16.5. The fourth-order valence-electron chi connectivity index (χ4n) is 1.31. The van der Waals surface area contributed by atoms with Gasteiger partial charge in [-0.15, -0.1) is 0 Å². The number of methoxy groups -OCH3 is 1. The summed E-state index contributed by atoms with van der Waals surface area (Å²) >= 11 is 0. The van der Waals surface area contributed by atoms with E-state index in [0.29, 0.717) is 6.42 Å². The van der Waals surface area contributed by atoms with E-state index in [9.17, 15) is 4.79 Å². The zero-order chi connectivity index (χ0) is 10.8. The fourth-order valence-corrected chi connectivity index (χ4v) is 1.31. The summed E-state index contributed by atoms with van der Waals surface area (Å²) in [6, 6.07) is 0.226. The predicted molar refractivity (Wildman–Crippen MR) is 58.2 cm³/mol. The number of hydrogen-bond acceptors (Lipinski definition) is 3. The van der Waals surface area contributed by atoms with Crippen LogP contribution in [0.5, 0.6) is 0 Å². The zero-order valence-electron chi connectivity index (χ0n) is 9.64. The first-order valence-electron chi connectivity index (χ1n) is 5.50. The van der Waals surface area contributed by atoms with Gasteiger partial charge in [-0.05, 0) is 19.9 Å². The molecule has 0 aliphatic heterocycles. The SMILES string of the molecule is CCCCCCNC(C)CC(=O)OC. The molecular formula is C11H23NO2. The highest BCUT2D eigenvalue weighted by molar-refractivity contribution is 5.69. The second-order valence-electron chi connectivity index (χ2n) is 3.70. The number of carbonyl (C=O) groups is 1. The molecule has 3 heteroatoms. The van der Waals surface area contributed by atoms with Crippen molar-refractivity contribution in [3.63, 3.8) is 0 Å². The third-order valence-corrected chi connectivity index (χ3v) is 2.22. The van der Waals surface area contributed by atoms with Crippen molar-refractivity contribution < 1.29 is 9.53 Å². The number of unbranched alkanes of at least 4 members (excludes halogenated alkanes) is 3. The maximum Gasteiger partial charge on any atom is 0.307 e. The summed E-state index contributed by atoms with van der Waals surface area (Å²) in [6.45, 7) is 5.21. The van der Waals surface area contributed by atoms with Crippen molar-refractivity contribution in [1.29, 1.82) is 0 Å². The topological polar surface area (TPSA) is 38.3 Å². The Balaban J connectivity index is 3.26. The van der Waals surface area contributed by atoms with Crippen LogP contribution in [0.1, 0.15) is 46.0 Å². The molecule has 0 amide bonds. The molecule has 0 bridgehead atoms. The average Bonchev–Trinajstić information content (AvgIpc) is 2.17. The second-order valence-corrected chi connectivity index (χ2v) is 3.70. The van der Waals surface area contributed by atoms with Crippen molar-refractivity contribution in [3.8, 4) is 0 Å². The van der Waals surface area contributed by atoms with E-state index in [0.717, 1.165) is 6.54 Å². The quantitative estimate of drug-likeness (QED) is 0.483. The van der Waals surface area contributed by atoms with Crippen LogP contribution in [-0.4, -0.2) is 25.7 Å². The Kier molecular flexibility index (Phi) is 8.64. The molecule has 1 N–H and O–H groups in total. The van der Waals surface area contributed by atoms with Gasteiger partial charge in [0.15, 0.2) is 0 Å². The lowest BCUT2D eigenvalue weighted by Crippen LogP contribution is -2.29. The van der Waals surface area contributed by atoms with Crippen LogP contribution in [0.3, 0.4) is 0 Å². The molecule has 0 saturated carbocycles. The summed E-state index contributed by atoms with van der Waals surface area (Å²) in [5.74, 6) is -0.140. The summed E-state index contributed by atoms with van der Waals surface area (Å²) < 4.78 is 4.59. The normalized spacial score (nSPS) is 12.5. The Morgan fingerprint density at radius 2 is 2.07 bits per heavy atom. The minimum atomic E-state index is -0.140. The van der Waals surface area contributed by atoms with Crippen molar-refractivity contribution in [2.75, 3.05) is 13.7 Å². The van der Waals surface area contributed by atoms with Crippen LogP contribution in [0.2, 0.25) is 0 Å². The third-order valence-electron chi connectivity index (χ3n) is 2.22. The van der Waals surface area contributed by atoms with E-state index in [1.54, 1.807) is 0 Å². The molecule has 0 spiro atoms. The Morgan fingerprint density at radius 3 is 2.64 bits per heavy atom. The van der Waals surface area contributed by atoms with Gasteiger partial charge in [-0.25, -0.2) is 0 Å². The van der Waals surface area contributed by atoms with Crippen LogP contribution in [0, 0.1) is 0 Å². The molecule has 0 aromatic heterocycles. The highest BCUT2D eigenvalue weighted by Crippen LogP contribution is 1.98. The zero-order valence-corrected chi connectivity index (χ0v) is 9.64. The van der Waals surface area contributed by atoms with Crippen LogP contribution in [0.25, 0.3) is 0 Å². The molecule has 0 radical (unpaired) electrons. The van der Waals surface area contributed by atoms with Crippen molar-refractivity contribution in [2.24, 2.45) is 0 Å². The van der Waals surface area contributed by atoms with Crippen molar-refractivity contribution >= 4 is 5.97 Å². The smallest absolute Gasteiger partial charge is 0.307 e. The maximum absolute atomic E-state index is 10.9. The van der Waals surface area contributed by atoms with E-state index in [-0.39, 0.29) is 12.0 Å². The van der Waals surface area contributed by atoms with E-state index in [4.69, 9.17) is 0 Å². The lowest BCUT2D eigenvalue weighted by molar-refractivity contribution is -0.141. The molecule has 1 unspecified atom stereocenters. The second kappa shape index (κ2) is 9.00. The molecule has 1 atom stereocenters. The number of esters is 1. The highest BCUT2D eigenvalue weighted by Gasteiger charge is 2.07. The largest absolute Gasteiger partial charge is 0.469 e. The lowest BCUT2D eigenvalue weighted by Gasteiger charge is -2.11. The van der Waals surface area contributed by atoms with Crippen molar-refractivity contribution in [2.45, 2.75) is 52.0 Å². The number of carbonyl (C=O) groups excluding carboxylic acids is 1. The van der Waals surface area contributed by atoms with Crippen molar-refractivity contribution in [1.82, 2.24) is 5.32 Å². The molecule has 0 aliphatic carbocycles. The van der Waals surface area contributed by atoms with Gasteiger partial charge in [0, 0.05) is 6.04 Å². The van der Waals surface area contributed by atoms with E-state index < -0.39 is 0 Å². The predicted octanol–water partition coefficient (Wildman–Crippen LogP) is 2.11. The molecule has 0 fully saturated rings. The minimum Gasteiger partial charge on any atom is -0.469 e. The Hall–Kier alpha value is -0.570. The third kappa shape index (κ3) is 8.05. The van der Waals surface area contributed by atoms with Gasteiger partial charge in [-0.1, -0.05) is 26.2 Å². The molecule has 0 aliphatic rings. The number of ether oxygens (including phenoxy) is 1. The summed E-state index contributed by atoms with van der Waals surface area (Å²) in [4.78, 5) is 10.9. The van der Waals surface area contributed by atoms with E-state index in [1.165, 1.54) is 32.8 Å². The molecule has 0 aromatic rings. The van der Waals surface area contributed by atoms with Crippen LogP contribution < -0.4 is 5.32 Å². The van der Waals surface area contributed by atoms with Gasteiger partial charge in [0.25, 0.3) is 0 Å².